The average Bonchev–Trinajstić information content (AvgIpc) is 2.36. The van der Waals surface area contributed by atoms with Gasteiger partial charge in [0.2, 0.25) is 0 Å². The SMILES string of the molecule is CCOC(=O)CC(C)(C)NC(=O)OCc1ccccc1. The van der Waals surface area contributed by atoms with Gasteiger partial charge >= 0.3 is 12.1 Å². The molecule has 0 fully saturated rings. The first kappa shape index (κ1) is 16.0. The van der Waals surface area contributed by atoms with Crippen molar-refractivity contribution in [3.05, 3.63) is 35.9 Å². The van der Waals surface area contributed by atoms with Crippen LogP contribution in [0.25, 0.3) is 0 Å². The molecule has 1 N–H and O–H groups in total. The molecule has 0 aliphatic rings. The largest absolute Gasteiger partial charge is 0.466 e. The number of nitrogens with one attached hydrogen (secondary N) is 1. The Hall–Kier alpha value is -2.04. The summed E-state index contributed by atoms with van der Waals surface area (Å²) in [7, 11) is 0. The molecule has 0 aliphatic carbocycles. The van der Waals surface area contributed by atoms with Crippen molar-refractivity contribution < 1.29 is 19.1 Å². The van der Waals surface area contributed by atoms with Gasteiger partial charge in [0, 0.05) is 5.54 Å². The van der Waals surface area contributed by atoms with Gasteiger partial charge in [-0.1, -0.05) is 30.3 Å². The van der Waals surface area contributed by atoms with Crippen LogP contribution in [0.3, 0.4) is 0 Å². The van der Waals surface area contributed by atoms with E-state index in [1.54, 1.807) is 20.8 Å². The van der Waals surface area contributed by atoms with Crippen LogP contribution in [-0.4, -0.2) is 24.2 Å². The van der Waals surface area contributed by atoms with E-state index >= 15 is 0 Å². The number of ether oxygens (including phenoxy) is 2. The molecule has 0 atom stereocenters. The van der Waals surface area contributed by atoms with Crippen LogP contribution in [0.5, 0.6) is 0 Å². The van der Waals surface area contributed by atoms with Crippen LogP contribution in [0, 0.1) is 0 Å². The van der Waals surface area contributed by atoms with Gasteiger partial charge in [-0.3, -0.25) is 4.79 Å². The first-order chi connectivity index (χ1) is 9.43. The van der Waals surface area contributed by atoms with E-state index in [0.717, 1.165) is 5.56 Å². The summed E-state index contributed by atoms with van der Waals surface area (Å²) in [4.78, 5) is 23.1. The molecule has 5 heteroatoms. The van der Waals surface area contributed by atoms with Crippen LogP contribution in [0.4, 0.5) is 4.79 Å². The van der Waals surface area contributed by atoms with Crippen molar-refractivity contribution in [2.45, 2.75) is 39.3 Å². The number of alkyl carbamates (subject to hydrolysis) is 1. The van der Waals surface area contributed by atoms with Crippen molar-refractivity contribution in [2.75, 3.05) is 6.61 Å². The highest BCUT2D eigenvalue weighted by molar-refractivity contribution is 5.73. The van der Waals surface area contributed by atoms with Gasteiger partial charge in [0.05, 0.1) is 13.0 Å². The molecule has 20 heavy (non-hydrogen) atoms. The van der Waals surface area contributed by atoms with Crippen molar-refractivity contribution in [3.8, 4) is 0 Å². The predicted molar refractivity (Wildman–Crippen MR) is 75.1 cm³/mol. The highest BCUT2D eigenvalue weighted by Gasteiger charge is 2.25. The van der Waals surface area contributed by atoms with Crippen LogP contribution in [0.2, 0.25) is 0 Å². The van der Waals surface area contributed by atoms with E-state index in [4.69, 9.17) is 9.47 Å². The Morgan fingerprint density at radius 2 is 1.80 bits per heavy atom. The van der Waals surface area contributed by atoms with Crippen LogP contribution in [-0.2, 0) is 20.9 Å². The fourth-order valence-electron chi connectivity index (χ4n) is 1.65. The van der Waals surface area contributed by atoms with Crippen molar-refractivity contribution in [3.63, 3.8) is 0 Å². The van der Waals surface area contributed by atoms with Gasteiger partial charge in [-0.05, 0) is 26.3 Å². The van der Waals surface area contributed by atoms with E-state index in [2.05, 4.69) is 5.32 Å². The summed E-state index contributed by atoms with van der Waals surface area (Å²) in [5, 5.41) is 2.65. The molecule has 1 rings (SSSR count). The third-order valence-corrected chi connectivity index (χ3v) is 2.54. The molecule has 110 valence electrons. The number of carbonyl (C=O) groups is 2. The Morgan fingerprint density at radius 3 is 2.40 bits per heavy atom. The fraction of sp³-hybridized carbons (Fsp3) is 0.467. The second-order valence-corrected chi connectivity index (χ2v) is 5.05. The second kappa shape index (κ2) is 7.53. The number of esters is 1. The molecule has 0 aliphatic heterocycles. The van der Waals surface area contributed by atoms with Gasteiger partial charge in [-0.15, -0.1) is 0 Å². The van der Waals surface area contributed by atoms with E-state index in [-0.39, 0.29) is 19.0 Å². The summed E-state index contributed by atoms with van der Waals surface area (Å²) >= 11 is 0. The molecule has 0 radical (unpaired) electrons. The number of hydrogen-bond donors (Lipinski definition) is 1. The lowest BCUT2D eigenvalue weighted by atomic mass is 10.0. The van der Waals surface area contributed by atoms with E-state index in [1.807, 2.05) is 30.3 Å². The second-order valence-electron chi connectivity index (χ2n) is 5.05. The van der Waals surface area contributed by atoms with Gasteiger partial charge in [0.1, 0.15) is 6.61 Å². The lowest BCUT2D eigenvalue weighted by Gasteiger charge is -2.24. The molecule has 1 aromatic carbocycles. The molecule has 0 saturated carbocycles. The van der Waals surface area contributed by atoms with Crippen molar-refractivity contribution in [2.24, 2.45) is 0 Å². The standard InChI is InChI=1S/C15H21NO4/c1-4-19-13(17)10-15(2,3)16-14(18)20-11-12-8-6-5-7-9-12/h5-9H,4,10-11H2,1-3H3,(H,16,18). The summed E-state index contributed by atoms with van der Waals surface area (Å²) in [6.45, 7) is 5.75. The molecule has 0 unspecified atom stereocenters. The average molecular weight is 279 g/mol. The maximum absolute atomic E-state index is 11.7. The molecule has 0 saturated heterocycles. The molecular weight excluding hydrogens is 258 g/mol. The Balaban J connectivity index is 2.38. The van der Waals surface area contributed by atoms with E-state index in [1.165, 1.54) is 0 Å². The maximum atomic E-state index is 11.7. The number of benzene rings is 1. The van der Waals surface area contributed by atoms with Crippen molar-refractivity contribution >= 4 is 12.1 Å². The number of amides is 1. The van der Waals surface area contributed by atoms with Crippen molar-refractivity contribution in [1.29, 1.82) is 0 Å². The van der Waals surface area contributed by atoms with E-state index in [0.29, 0.717) is 6.61 Å². The van der Waals surface area contributed by atoms with Crippen molar-refractivity contribution in [1.82, 2.24) is 5.32 Å². The number of rotatable bonds is 6. The number of hydrogen-bond acceptors (Lipinski definition) is 4. The summed E-state index contributed by atoms with van der Waals surface area (Å²) in [5.41, 5.74) is 0.200. The van der Waals surface area contributed by atoms with Gasteiger partial charge in [0.15, 0.2) is 0 Å². The van der Waals surface area contributed by atoms with E-state index in [9.17, 15) is 9.59 Å². The Kier molecular flexibility index (Phi) is 6.03. The van der Waals surface area contributed by atoms with Crippen LogP contribution >= 0.6 is 0 Å². The van der Waals surface area contributed by atoms with Crippen LogP contribution < -0.4 is 5.32 Å². The molecule has 0 heterocycles. The molecule has 0 spiro atoms. The smallest absolute Gasteiger partial charge is 0.407 e. The number of carbonyl (C=O) groups excluding carboxylic acids is 2. The first-order valence-corrected chi connectivity index (χ1v) is 6.57. The van der Waals surface area contributed by atoms with Crippen LogP contribution in [0.1, 0.15) is 32.8 Å². The molecule has 0 aromatic heterocycles. The zero-order chi connectivity index (χ0) is 15.0. The fourth-order valence-corrected chi connectivity index (χ4v) is 1.65. The Bertz CT molecular complexity index is 442. The highest BCUT2D eigenvalue weighted by atomic mass is 16.5. The van der Waals surface area contributed by atoms with E-state index < -0.39 is 11.6 Å². The van der Waals surface area contributed by atoms with Gasteiger partial charge in [-0.2, -0.15) is 0 Å². The topological polar surface area (TPSA) is 64.6 Å². The molecule has 5 nitrogen and oxygen atoms in total. The summed E-state index contributed by atoms with van der Waals surface area (Å²) in [6, 6.07) is 9.39. The molecule has 1 aromatic rings. The third kappa shape index (κ3) is 6.22. The molecule has 0 bridgehead atoms. The summed E-state index contributed by atoms with van der Waals surface area (Å²) < 4.78 is 9.96. The Labute approximate surface area is 119 Å². The minimum atomic E-state index is -0.708. The quantitative estimate of drug-likeness (QED) is 0.813. The normalized spacial score (nSPS) is 10.8. The molecular formula is C15H21NO4. The zero-order valence-corrected chi connectivity index (χ0v) is 12.1. The van der Waals surface area contributed by atoms with Gasteiger partial charge in [0.25, 0.3) is 0 Å². The first-order valence-electron chi connectivity index (χ1n) is 6.57. The third-order valence-electron chi connectivity index (χ3n) is 2.54. The molecule has 1 amide bonds. The maximum Gasteiger partial charge on any atom is 0.407 e. The highest BCUT2D eigenvalue weighted by Crippen LogP contribution is 2.10. The summed E-state index contributed by atoms with van der Waals surface area (Å²) in [6.07, 6.45) is -0.454. The lowest BCUT2D eigenvalue weighted by Crippen LogP contribution is -2.45. The van der Waals surface area contributed by atoms with Crippen LogP contribution in [0.15, 0.2) is 30.3 Å². The minimum Gasteiger partial charge on any atom is -0.466 e. The predicted octanol–water partition coefficient (Wildman–Crippen LogP) is 2.64. The zero-order valence-electron chi connectivity index (χ0n) is 12.1. The monoisotopic (exact) mass is 279 g/mol. The van der Waals surface area contributed by atoms with Gasteiger partial charge < -0.3 is 14.8 Å². The minimum absolute atomic E-state index is 0.0985. The summed E-state index contributed by atoms with van der Waals surface area (Å²) in [5.74, 6) is -0.346. The van der Waals surface area contributed by atoms with Gasteiger partial charge in [-0.25, -0.2) is 4.79 Å². The Morgan fingerprint density at radius 1 is 1.15 bits per heavy atom. The lowest BCUT2D eigenvalue weighted by molar-refractivity contribution is -0.144.